The van der Waals surface area contributed by atoms with Crippen molar-refractivity contribution >= 4 is 17.3 Å². The van der Waals surface area contributed by atoms with Gasteiger partial charge in [-0.05, 0) is 24.3 Å². The molecule has 8 heteroatoms. The van der Waals surface area contributed by atoms with Gasteiger partial charge in [0, 0.05) is 17.7 Å². The number of halogens is 1. The summed E-state index contributed by atoms with van der Waals surface area (Å²) in [6.45, 7) is 0. The van der Waals surface area contributed by atoms with Gasteiger partial charge in [-0.1, -0.05) is 0 Å². The minimum Gasteiger partial charge on any atom is -0.502 e. The number of nitrogens with zero attached hydrogens (tertiary/aromatic N) is 1. The van der Waals surface area contributed by atoms with Crippen molar-refractivity contribution < 1.29 is 24.0 Å². The number of nitrogens with one attached hydrogen (secondary N) is 1. The van der Waals surface area contributed by atoms with E-state index in [1.54, 1.807) is 0 Å². The maximum Gasteiger partial charge on any atom is 0.310 e. The van der Waals surface area contributed by atoms with E-state index < -0.39 is 28.1 Å². The number of carbonyl (C=O) groups is 1. The summed E-state index contributed by atoms with van der Waals surface area (Å²) in [5.41, 5.74) is -0.267. The minimum absolute atomic E-state index is 0.00878. The molecule has 0 fully saturated rings. The highest BCUT2D eigenvalue weighted by Gasteiger charge is 2.17. The average molecular weight is 306 g/mol. The quantitative estimate of drug-likeness (QED) is 0.668. The fourth-order valence-electron chi connectivity index (χ4n) is 1.78. The van der Waals surface area contributed by atoms with Gasteiger partial charge in [0.1, 0.15) is 11.6 Å². The molecule has 0 saturated heterocycles. The van der Waals surface area contributed by atoms with Crippen LogP contribution in [0.2, 0.25) is 0 Å². The lowest BCUT2D eigenvalue weighted by Crippen LogP contribution is -2.12. The van der Waals surface area contributed by atoms with Crippen molar-refractivity contribution in [1.82, 2.24) is 0 Å². The van der Waals surface area contributed by atoms with E-state index in [2.05, 4.69) is 5.32 Å². The molecule has 0 aliphatic carbocycles. The van der Waals surface area contributed by atoms with Crippen LogP contribution in [0.4, 0.5) is 15.8 Å². The number of ether oxygens (including phenoxy) is 1. The van der Waals surface area contributed by atoms with Crippen molar-refractivity contribution in [3.63, 3.8) is 0 Å². The van der Waals surface area contributed by atoms with Gasteiger partial charge < -0.3 is 15.2 Å². The van der Waals surface area contributed by atoms with Crippen LogP contribution < -0.4 is 10.1 Å². The van der Waals surface area contributed by atoms with Crippen LogP contribution in [0, 0.1) is 15.9 Å². The smallest absolute Gasteiger partial charge is 0.310 e. The van der Waals surface area contributed by atoms with Gasteiger partial charge in [0.15, 0.2) is 5.75 Å². The summed E-state index contributed by atoms with van der Waals surface area (Å²) in [6, 6.07) is 6.75. The predicted octanol–water partition coefficient (Wildman–Crippen LogP) is 2.70. The van der Waals surface area contributed by atoms with Gasteiger partial charge in [-0.25, -0.2) is 4.39 Å². The Kier molecular flexibility index (Phi) is 4.21. The molecule has 22 heavy (non-hydrogen) atoms. The van der Waals surface area contributed by atoms with Crippen molar-refractivity contribution in [3.05, 3.63) is 57.9 Å². The van der Waals surface area contributed by atoms with Gasteiger partial charge in [0.05, 0.1) is 17.7 Å². The van der Waals surface area contributed by atoms with E-state index in [0.29, 0.717) is 0 Å². The van der Waals surface area contributed by atoms with Gasteiger partial charge in [0.2, 0.25) is 0 Å². The van der Waals surface area contributed by atoms with Gasteiger partial charge in [-0.3, -0.25) is 14.9 Å². The van der Waals surface area contributed by atoms with Crippen LogP contribution in [0.15, 0.2) is 36.4 Å². The summed E-state index contributed by atoms with van der Waals surface area (Å²) in [5.74, 6) is -1.65. The van der Waals surface area contributed by atoms with Gasteiger partial charge >= 0.3 is 5.69 Å². The normalized spacial score (nSPS) is 10.1. The molecule has 0 spiro atoms. The Morgan fingerprint density at radius 3 is 2.64 bits per heavy atom. The molecule has 2 rings (SSSR count). The SMILES string of the molecule is COc1cc(F)ccc1NC(=O)c1ccc([N+](=O)[O-])c(O)c1. The average Bonchev–Trinajstić information content (AvgIpc) is 2.48. The maximum atomic E-state index is 13.1. The van der Waals surface area contributed by atoms with Crippen LogP contribution >= 0.6 is 0 Å². The molecular weight excluding hydrogens is 295 g/mol. The standard InChI is InChI=1S/C14H11FN2O5/c1-22-13-7-9(15)3-4-10(13)16-14(19)8-2-5-11(17(20)21)12(18)6-8/h2-7,18H,1H3,(H,16,19). The molecule has 0 aliphatic rings. The number of anilines is 1. The molecular formula is C14H11FN2O5. The van der Waals surface area contributed by atoms with Gasteiger partial charge in [-0.2, -0.15) is 0 Å². The summed E-state index contributed by atoms with van der Waals surface area (Å²) >= 11 is 0. The maximum absolute atomic E-state index is 13.1. The number of aromatic hydroxyl groups is 1. The minimum atomic E-state index is -0.764. The van der Waals surface area contributed by atoms with Crippen molar-refractivity contribution in [2.45, 2.75) is 0 Å². The van der Waals surface area contributed by atoms with E-state index in [1.165, 1.54) is 19.2 Å². The third kappa shape index (κ3) is 3.11. The highest BCUT2D eigenvalue weighted by atomic mass is 19.1. The molecule has 0 radical (unpaired) electrons. The third-order valence-electron chi connectivity index (χ3n) is 2.85. The number of carbonyl (C=O) groups excluding carboxylic acids is 1. The van der Waals surface area contributed by atoms with Crippen LogP contribution in [-0.4, -0.2) is 23.0 Å². The summed E-state index contributed by atoms with van der Waals surface area (Å²) in [4.78, 5) is 21.9. The number of phenolic OH excluding ortho intramolecular Hbond substituents is 1. The second-order valence-corrected chi connectivity index (χ2v) is 4.26. The van der Waals surface area contributed by atoms with E-state index in [0.717, 1.165) is 24.3 Å². The Balaban J connectivity index is 2.26. The zero-order valence-electron chi connectivity index (χ0n) is 11.4. The molecule has 7 nitrogen and oxygen atoms in total. The summed E-state index contributed by atoms with van der Waals surface area (Å²) in [7, 11) is 1.32. The predicted molar refractivity (Wildman–Crippen MR) is 75.7 cm³/mol. The Labute approximate surface area is 124 Å². The van der Waals surface area contributed by atoms with E-state index in [-0.39, 0.29) is 17.0 Å². The molecule has 2 N–H and O–H groups in total. The van der Waals surface area contributed by atoms with E-state index in [4.69, 9.17) is 4.74 Å². The largest absolute Gasteiger partial charge is 0.502 e. The molecule has 0 aromatic heterocycles. The van der Waals surface area contributed by atoms with Gasteiger partial charge in [-0.15, -0.1) is 0 Å². The highest BCUT2D eigenvalue weighted by Crippen LogP contribution is 2.28. The summed E-state index contributed by atoms with van der Waals surface area (Å²) in [6.07, 6.45) is 0. The van der Waals surface area contributed by atoms with Crippen molar-refractivity contribution in [2.75, 3.05) is 12.4 Å². The van der Waals surface area contributed by atoms with Crippen LogP contribution in [0.5, 0.6) is 11.5 Å². The summed E-state index contributed by atoms with van der Waals surface area (Å²) in [5, 5.41) is 22.6. The molecule has 1 amide bonds. The Morgan fingerprint density at radius 2 is 2.05 bits per heavy atom. The van der Waals surface area contributed by atoms with Crippen molar-refractivity contribution in [1.29, 1.82) is 0 Å². The van der Waals surface area contributed by atoms with Gasteiger partial charge in [0.25, 0.3) is 5.91 Å². The van der Waals surface area contributed by atoms with Crippen LogP contribution in [0.3, 0.4) is 0 Å². The number of nitro benzene ring substituents is 1. The number of methoxy groups -OCH3 is 1. The highest BCUT2D eigenvalue weighted by molar-refractivity contribution is 6.05. The molecule has 0 atom stereocenters. The zero-order chi connectivity index (χ0) is 16.3. The monoisotopic (exact) mass is 306 g/mol. The van der Waals surface area contributed by atoms with E-state index >= 15 is 0 Å². The Morgan fingerprint density at radius 1 is 1.32 bits per heavy atom. The molecule has 114 valence electrons. The Hall–Kier alpha value is -3.16. The molecule has 0 unspecified atom stereocenters. The Bertz CT molecular complexity index is 748. The second-order valence-electron chi connectivity index (χ2n) is 4.26. The number of rotatable bonds is 4. The fraction of sp³-hybridized carbons (Fsp3) is 0.0714. The van der Waals surface area contributed by atoms with Crippen LogP contribution in [0.1, 0.15) is 10.4 Å². The first-order valence-electron chi connectivity index (χ1n) is 6.04. The van der Waals surface area contributed by atoms with Crippen LogP contribution in [0.25, 0.3) is 0 Å². The molecule has 0 aliphatic heterocycles. The van der Waals surface area contributed by atoms with Crippen molar-refractivity contribution in [2.24, 2.45) is 0 Å². The molecule has 2 aromatic carbocycles. The molecule has 0 saturated carbocycles. The lowest BCUT2D eigenvalue weighted by atomic mass is 10.1. The third-order valence-corrected chi connectivity index (χ3v) is 2.85. The lowest BCUT2D eigenvalue weighted by Gasteiger charge is -2.10. The second kappa shape index (κ2) is 6.08. The first kappa shape index (κ1) is 15.2. The number of phenols is 1. The molecule has 0 bridgehead atoms. The lowest BCUT2D eigenvalue weighted by molar-refractivity contribution is -0.385. The fourth-order valence-corrected chi connectivity index (χ4v) is 1.78. The topological polar surface area (TPSA) is 102 Å². The number of amides is 1. The van der Waals surface area contributed by atoms with Crippen LogP contribution in [-0.2, 0) is 0 Å². The number of hydrogen-bond acceptors (Lipinski definition) is 5. The number of benzene rings is 2. The first-order valence-corrected chi connectivity index (χ1v) is 6.04. The summed E-state index contributed by atoms with van der Waals surface area (Å²) < 4.78 is 18.0. The van der Waals surface area contributed by atoms with Crippen molar-refractivity contribution in [3.8, 4) is 11.5 Å². The zero-order valence-corrected chi connectivity index (χ0v) is 11.4. The first-order chi connectivity index (χ1) is 10.4. The number of nitro groups is 1. The number of hydrogen-bond donors (Lipinski definition) is 2. The molecule has 2 aromatic rings. The molecule has 0 heterocycles. The van der Waals surface area contributed by atoms with E-state index in [1.807, 2.05) is 0 Å². The van der Waals surface area contributed by atoms with E-state index in [9.17, 15) is 24.4 Å².